The van der Waals surface area contributed by atoms with E-state index in [-0.39, 0.29) is 23.7 Å². The first-order chi connectivity index (χ1) is 8.56. The lowest BCUT2D eigenvalue weighted by Gasteiger charge is -2.18. The highest BCUT2D eigenvalue weighted by Gasteiger charge is 2.23. The van der Waals surface area contributed by atoms with Crippen LogP contribution in [-0.4, -0.2) is 23.4 Å². The fourth-order valence-corrected chi connectivity index (χ4v) is 2.08. The minimum atomic E-state index is -0.406. The van der Waals surface area contributed by atoms with E-state index in [1.54, 1.807) is 12.1 Å². The Hall–Kier alpha value is -1.95. The molecule has 96 valence electrons. The third-order valence-corrected chi connectivity index (χ3v) is 3.04. The van der Waals surface area contributed by atoms with E-state index in [0.717, 1.165) is 5.56 Å². The van der Waals surface area contributed by atoms with Crippen LogP contribution in [0, 0.1) is 10.1 Å². The van der Waals surface area contributed by atoms with Gasteiger partial charge in [-0.05, 0) is 12.5 Å². The van der Waals surface area contributed by atoms with Crippen molar-refractivity contribution in [3.8, 4) is 0 Å². The average molecular weight is 249 g/mol. The molecular formula is C12H15N3O3. The van der Waals surface area contributed by atoms with Gasteiger partial charge in [0.1, 0.15) is 0 Å². The van der Waals surface area contributed by atoms with Crippen molar-refractivity contribution in [2.45, 2.75) is 25.4 Å². The molecule has 2 rings (SSSR count). The standard InChI is InChI=1S/C12H15N3O3/c1-8(14-10-6-12(16)13-7-10)9-3-2-4-11(5-9)15(17)18/h2-5,8,10,14H,6-7H2,1H3,(H,13,16). The van der Waals surface area contributed by atoms with E-state index in [9.17, 15) is 14.9 Å². The number of hydrogen-bond acceptors (Lipinski definition) is 4. The van der Waals surface area contributed by atoms with E-state index >= 15 is 0 Å². The van der Waals surface area contributed by atoms with E-state index in [4.69, 9.17) is 0 Å². The summed E-state index contributed by atoms with van der Waals surface area (Å²) in [6.45, 7) is 2.54. The number of carbonyl (C=O) groups is 1. The smallest absolute Gasteiger partial charge is 0.269 e. The lowest BCUT2D eigenvalue weighted by molar-refractivity contribution is -0.384. The van der Waals surface area contributed by atoms with E-state index < -0.39 is 4.92 Å². The summed E-state index contributed by atoms with van der Waals surface area (Å²) < 4.78 is 0. The van der Waals surface area contributed by atoms with Crippen LogP contribution in [0.4, 0.5) is 5.69 Å². The molecule has 0 radical (unpaired) electrons. The SMILES string of the molecule is CC(NC1CNC(=O)C1)c1cccc([N+](=O)[O-])c1. The molecule has 1 aliphatic heterocycles. The molecule has 0 aromatic heterocycles. The van der Waals surface area contributed by atoms with Gasteiger partial charge in [-0.3, -0.25) is 14.9 Å². The van der Waals surface area contributed by atoms with Gasteiger partial charge in [-0.25, -0.2) is 0 Å². The Balaban J connectivity index is 2.04. The van der Waals surface area contributed by atoms with Crippen molar-refractivity contribution in [3.63, 3.8) is 0 Å². The maximum Gasteiger partial charge on any atom is 0.269 e. The predicted octanol–water partition coefficient (Wildman–Crippen LogP) is 1.13. The van der Waals surface area contributed by atoms with Gasteiger partial charge in [0.05, 0.1) is 4.92 Å². The monoisotopic (exact) mass is 249 g/mol. The number of nitro groups is 1. The molecule has 0 aliphatic carbocycles. The summed E-state index contributed by atoms with van der Waals surface area (Å²) in [6.07, 6.45) is 0.458. The van der Waals surface area contributed by atoms with Crippen LogP contribution in [0.5, 0.6) is 0 Å². The van der Waals surface area contributed by atoms with Gasteiger partial charge in [0.25, 0.3) is 5.69 Å². The lowest BCUT2D eigenvalue weighted by Crippen LogP contribution is -2.33. The number of nitrogens with zero attached hydrogens (tertiary/aromatic N) is 1. The molecule has 0 spiro atoms. The van der Waals surface area contributed by atoms with E-state index in [2.05, 4.69) is 10.6 Å². The second kappa shape index (κ2) is 5.14. The zero-order valence-electron chi connectivity index (χ0n) is 10.1. The quantitative estimate of drug-likeness (QED) is 0.619. The summed E-state index contributed by atoms with van der Waals surface area (Å²) in [5.74, 6) is 0.0405. The van der Waals surface area contributed by atoms with Gasteiger partial charge in [-0.2, -0.15) is 0 Å². The third kappa shape index (κ3) is 2.84. The lowest BCUT2D eigenvalue weighted by atomic mass is 10.1. The highest BCUT2D eigenvalue weighted by atomic mass is 16.6. The Bertz CT molecular complexity index is 475. The molecule has 2 atom stereocenters. The van der Waals surface area contributed by atoms with Crippen molar-refractivity contribution in [2.75, 3.05) is 6.54 Å². The first kappa shape index (κ1) is 12.5. The van der Waals surface area contributed by atoms with E-state index in [1.165, 1.54) is 6.07 Å². The number of rotatable bonds is 4. The minimum Gasteiger partial charge on any atom is -0.354 e. The molecule has 1 fully saturated rings. The Labute approximate surface area is 105 Å². The Morgan fingerprint density at radius 3 is 2.94 bits per heavy atom. The Morgan fingerprint density at radius 1 is 1.56 bits per heavy atom. The molecule has 18 heavy (non-hydrogen) atoms. The molecule has 6 nitrogen and oxygen atoms in total. The second-order valence-electron chi connectivity index (χ2n) is 4.45. The fourth-order valence-electron chi connectivity index (χ4n) is 2.08. The van der Waals surface area contributed by atoms with Crippen LogP contribution < -0.4 is 10.6 Å². The van der Waals surface area contributed by atoms with Gasteiger partial charge in [0, 0.05) is 37.2 Å². The summed E-state index contributed by atoms with van der Waals surface area (Å²) in [4.78, 5) is 21.4. The Kier molecular flexibility index (Phi) is 3.57. The molecule has 0 saturated carbocycles. The first-order valence-corrected chi connectivity index (χ1v) is 5.83. The number of nitro benzene ring substituents is 1. The van der Waals surface area contributed by atoms with Gasteiger partial charge in [-0.1, -0.05) is 12.1 Å². The number of amides is 1. The largest absolute Gasteiger partial charge is 0.354 e. The van der Waals surface area contributed by atoms with Gasteiger partial charge in [-0.15, -0.1) is 0 Å². The number of nitrogens with one attached hydrogen (secondary N) is 2. The number of carbonyl (C=O) groups excluding carboxylic acids is 1. The summed E-state index contributed by atoms with van der Waals surface area (Å²) in [5.41, 5.74) is 0.935. The van der Waals surface area contributed by atoms with Gasteiger partial charge >= 0.3 is 0 Å². The van der Waals surface area contributed by atoms with Crippen molar-refractivity contribution in [3.05, 3.63) is 39.9 Å². The summed E-state index contributed by atoms with van der Waals surface area (Å²) >= 11 is 0. The van der Waals surface area contributed by atoms with Crippen molar-refractivity contribution in [2.24, 2.45) is 0 Å². The normalized spacial score (nSPS) is 20.5. The van der Waals surface area contributed by atoms with E-state index in [1.807, 2.05) is 13.0 Å². The first-order valence-electron chi connectivity index (χ1n) is 5.83. The zero-order valence-corrected chi connectivity index (χ0v) is 10.1. The molecule has 2 unspecified atom stereocenters. The third-order valence-electron chi connectivity index (χ3n) is 3.04. The zero-order chi connectivity index (χ0) is 13.1. The second-order valence-corrected chi connectivity index (χ2v) is 4.45. The highest BCUT2D eigenvalue weighted by molar-refractivity contribution is 5.78. The molecular weight excluding hydrogens is 234 g/mol. The molecule has 1 aliphatic rings. The average Bonchev–Trinajstić information content (AvgIpc) is 2.75. The molecule has 1 heterocycles. The van der Waals surface area contributed by atoms with Crippen LogP contribution in [0.15, 0.2) is 24.3 Å². The van der Waals surface area contributed by atoms with Crippen molar-refractivity contribution in [1.29, 1.82) is 0 Å². The summed E-state index contributed by atoms with van der Waals surface area (Å²) in [5, 5.41) is 16.7. The molecule has 1 aromatic carbocycles. The number of non-ortho nitro benzene ring substituents is 1. The van der Waals surface area contributed by atoms with Crippen LogP contribution in [0.25, 0.3) is 0 Å². The maximum absolute atomic E-state index is 11.1. The fraction of sp³-hybridized carbons (Fsp3) is 0.417. The summed E-state index contributed by atoms with van der Waals surface area (Å²) in [7, 11) is 0. The maximum atomic E-state index is 11.1. The van der Waals surface area contributed by atoms with Crippen LogP contribution in [-0.2, 0) is 4.79 Å². The van der Waals surface area contributed by atoms with Crippen molar-refractivity contribution >= 4 is 11.6 Å². The van der Waals surface area contributed by atoms with E-state index in [0.29, 0.717) is 13.0 Å². The van der Waals surface area contributed by atoms with Gasteiger partial charge in [0.2, 0.25) is 5.91 Å². The summed E-state index contributed by atoms with van der Waals surface area (Å²) in [6, 6.07) is 6.60. The number of benzene rings is 1. The topological polar surface area (TPSA) is 84.3 Å². The van der Waals surface area contributed by atoms with Crippen LogP contribution in [0.3, 0.4) is 0 Å². The van der Waals surface area contributed by atoms with Crippen molar-refractivity contribution in [1.82, 2.24) is 10.6 Å². The Morgan fingerprint density at radius 2 is 2.33 bits per heavy atom. The number of hydrogen-bond donors (Lipinski definition) is 2. The molecule has 0 bridgehead atoms. The van der Waals surface area contributed by atoms with Crippen LogP contribution in [0.1, 0.15) is 24.9 Å². The van der Waals surface area contributed by atoms with Gasteiger partial charge in [0.15, 0.2) is 0 Å². The van der Waals surface area contributed by atoms with Crippen molar-refractivity contribution < 1.29 is 9.72 Å². The molecule has 2 N–H and O–H groups in total. The van der Waals surface area contributed by atoms with Gasteiger partial charge < -0.3 is 10.6 Å². The molecule has 1 saturated heterocycles. The predicted molar refractivity (Wildman–Crippen MR) is 66.1 cm³/mol. The van der Waals surface area contributed by atoms with Crippen LogP contribution in [0.2, 0.25) is 0 Å². The molecule has 1 amide bonds. The molecule has 6 heteroatoms. The molecule has 1 aromatic rings. The van der Waals surface area contributed by atoms with Crippen LogP contribution >= 0.6 is 0 Å². The minimum absolute atomic E-state index is 0.0254. The highest BCUT2D eigenvalue weighted by Crippen LogP contribution is 2.20.